The third-order valence-electron chi connectivity index (χ3n) is 2.22. The first-order valence-corrected chi connectivity index (χ1v) is 5.88. The number of amides is 1. The van der Waals surface area contributed by atoms with Gasteiger partial charge in [0.15, 0.2) is 5.69 Å². The minimum absolute atomic E-state index is 0.00946. The Morgan fingerprint density at radius 3 is 2.89 bits per heavy atom. The van der Waals surface area contributed by atoms with Gasteiger partial charge in [-0.15, -0.1) is 11.3 Å². The summed E-state index contributed by atoms with van der Waals surface area (Å²) >= 11 is 1.19. The van der Waals surface area contributed by atoms with Gasteiger partial charge in [-0.1, -0.05) is 0 Å². The van der Waals surface area contributed by atoms with Gasteiger partial charge in [-0.05, 0) is 0 Å². The lowest BCUT2D eigenvalue weighted by atomic mass is 10.4. The number of carbonyl (C=O) groups excluding carboxylic acids is 1. The summed E-state index contributed by atoms with van der Waals surface area (Å²) in [6.45, 7) is 0.196. The van der Waals surface area contributed by atoms with E-state index in [1.807, 2.05) is 0 Å². The van der Waals surface area contributed by atoms with E-state index in [4.69, 9.17) is 5.11 Å². The molecule has 0 aliphatic carbocycles. The lowest BCUT2D eigenvalue weighted by Crippen LogP contribution is -2.24. The molecule has 0 spiro atoms. The Kier molecular flexibility index (Phi) is 3.38. The minimum Gasteiger partial charge on any atom is -0.476 e. The maximum Gasteiger partial charge on any atom is 0.355 e. The summed E-state index contributed by atoms with van der Waals surface area (Å²) in [4.78, 5) is 30.1. The molecule has 2 aromatic rings. The van der Waals surface area contributed by atoms with Crippen molar-refractivity contribution < 1.29 is 14.7 Å². The molecule has 0 bridgehead atoms. The molecule has 0 unspecified atom stereocenters. The van der Waals surface area contributed by atoms with Gasteiger partial charge in [0.2, 0.25) is 0 Å². The van der Waals surface area contributed by atoms with Gasteiger partial charge < -0.3 is 15.0 Å². The molecule has 94 valence electrons. The van der Waals surface area contributed by atoms with Crippen LogP contribution in [0.1, 0.15) is 26.0 Å². The van der Waals surface area contributed by atoms with Gasteiger partial charge in [-0.25, -0.2) is 14.8 Å². The monoisotopic (exact) mass is 266 g/mol. The number of aryl methyl sites for hydroxylation is 1. The number of carbonyl (C=O) groups is 2. The van der Waals surface area contributed by atoms with Crippen molar-refractivity contribution in [1.82, 2.24) is 19.9 Å². The number of hydrogen-bond donors (Lipinski definition) is 2. The van der Waals surface area contributed by atoms with Gasteiger partial charge in [0.1, 0.15) is 10.7 Å². The van der Waals surface area contributed by atoms with E-state index < -0.39 is 5.97 Å². The van der Waals surface area contributed by atoms with Crippen LogP contribution in [0.25, 0.3) is 0 Å². The predicted octanol–water partition coefficient (Wildman–Crippen LogP) is 0.505. The van der Waals surface area contributed by atoms with Crippen molar-refractivity contribution in [2.24, 2.45) is 7.05 Å². The van der Waals surface area contributed by atoms with Gasteiger partial charge in [0.25, 0.3) is 5.91 Å². The average Bonchev–Trinajstić information content (AvgIpc) is 2.94. The molecule has 0 aromatic carbocycles. The Bertz CT molecular complexity index is 589. The Morgan fingerprint density at radius 2 is 2.33 bits per heavy atom. The molecule has 2 N–H and O–H groups in total. The predicted molar refractivity (Wildman–Crippen MR) is 63.5 cm³/mol. The summed E-state index contributed by atoms with van der Waals surface area (Å²) in [5, 5.41) is 13.3. The van der Waals surface area contributed by atoms with Crippen molar-refractivity contribution in [3.63, 3.8) is 0 Å². The highest BCUT2D eigenvalue weighted by Gasteiger charge is 2.12. The number of rotatable bonds is 4. The van der Waals surface area contributed by atoms with Crippen LogP contribution < -0.4 is 5.32 Å². The van der Waals surface area contributed by atoms with E-state index in [2.05, 4.69) is 15.3 Å². The van der Waals surface area contributed by atoms with Crippen LogP contribution in [-0.4, -0.2) is 31.5 Å². The number of hydrogen-bond acceptors (Lipinski definition) is 5. The summed E-state index contributed by atoms with van der Waals surface area (Å²) in [6.07, 6.45) is 2.99. The maximum atomic E-state index is 11.7. The molecule has 0 fully saturated rings. The van der Waals surface area contributed by atoms with Crippen molar-refractivity contribution in [3.05, 3.63) is 34.3 Å². The molecular formula is C10H10N4O3S. The van der Waals surface area contributed by atoms with Gasteiger partial charge in [0.05, 0.1) is 19.1 Å². The van der Waals surface area contributed by atoms with E-state index in [1.54, 1.807) is 11.6 Å². The first kappa shape index (κ1) is 12.2. The quantitative estimate of drug-likeness (QED) is 0.840. The first-order chi connectivity index (χ1) is 8.58. The molecule has 0 saturated carbocycles. The zero-order valence-electron chi connectivity index (χ0n) is 9.45. The Morgan fingerprint density at radius 1 is 1.56 bits per heavy atom. The Hall–Kier alpha value is -2.22. The van der Waals surface area contributed by atoms with Gasteiger partial charge in [0, 0.05) is 12.4 Å². The molecule has 8 heteroatoms. The van der Waals surface area contributed by atoms with E-state index >= 15 is 0 Å². The summed E-state index contributed by atoms with van der Waals surface area (Å²) in [5.74, 6) is -1.35. The average molecular weight is 266 g/mol. The zero-order valence-corrected chi connectivity index (χ0v) is 10.3. The molecule has 2 aromatic heterocycles. The second-order valence-corrected chi connectivity index (χ2v) is 4.45. The van der Waals surface area contributed by atoms with Crippen LogP contribution >= 0.6 is 11.3 Å². The second kappa shape index (κ2) is 4.96. The third kappa shape index (κ3) is 2.54. The van der Waals surface area contributed by atoms with E-state index in [9.17, 15) is 9.59 Å². The maximum absolute atomic E-state index is 11.7. The van der Waals surface area contributed by atoms with Crippen molar-refractivity contribution in [2.75, 3.05) is 0 Å². The Balaban J connectivity index is 1.97. The highest BCUT2D eigenvalue weighted by molar-refractivity contribution is 7.09. The molecule has 18 heavy (non-hydrogen) atoms. The highest BCUT2D eigenvalue weighted by atomic mass is 32.1. The standard InChI is InChI=1S/C10H10N4O3S/c1-14-5-11-2-7(14)9(15)12-3-8-13-6(4-18-8)10(16)17/h2,4-5H,3H2,1H3,(H,12,15)(H,16,17). The van der Waals surface area contributed by atoms with Gasteiger partial charge >= 0.3 is 5.97 Å². The lowest BCUT2D eigenvalue weighted by Gasteiger charge is -2.02. The van der Waals surface area contributed by atoms with Crippen LogP contribution in [0.2, 0.25) is 0 Å². The summed E-state index contributed by atoms with van der Waals surface area (Å²) in [7, 11) is 1.72. The molecule has 7 nitrogen and oxygen atoms in total. The zero-order chi connectivity index (χ0) is 13.1. The third-order valence-corrected chi connectivity index (χ3v) is 3.07. The van der Waals surface area contributed by atoms with E-state index in [0.29, 0.717) is 10.7 Å². The fourth-order valence-electron chi connectivity index (χ4n) is 1.31. The summed E-state index contributed by atoms with van der Waals surface area (Å²) in [6, 6.07) is 0. The van der Waals surface area contributed by atoms with Crippen LogP contribution in [0.5, 0.6) is 0 Å². The number of aromatic nitrogens is 3. The van der Waals surface area contributed by atoms with E-state index in [-0.39, 0.29) is 18.1 Å². The first-order valence-electron chi connectivity index (χ1n) is 5.00. The molecule has 2 rings (SSSR count). The minimum atomic E-state index is -1.07. The molecule has 0 aliphatic rings. The number of imidazole rings is 1. The van der Waals surface area contributed by atoms with Crippen molar-refractivity contribution in [1.29, 1.82) is 0 Å². The van der Waals surface area contributed by atoms with Gasteiger partial charge in [-0.2, -0.15) is 0 Å². The molecule has 0 aliphatic heterocycles. The number of carboxylic acid groups (broad SMARTS) is 1. The summed E-state index contributed by atoms with van der Waals surface area (Å²) < 4.78 is 1.60. The van der Waals surface area contributed by atoms with Crippen molar-refractivity contribution in [3.8, 4) is 0 Å². The number of nitrogens with one attached hydrogen (secondary N) is 1. The molecule has 0 atom stereocenters. The van der Waals surface area contributed by atoms with Crippen molar-refractivity contribution in [2.45, 2.75) is 6.54 Å². The fourth-order valence-corrected chi connectivity index (χ4v) is 2.02. The number of thiazole rings is 1. The largest absolute Gasteiger partial charge is 0.476 e. The smallest absolute Gasteiger partial charge is 0.355 e. The topological polar surface area (TPSA) is 97.1 Å². The normalized spacial score (nSPS) is 10.3. The molecular weight excluding hydrogens is 256 g/mol. The summed E-state index contributed by atoms with van der Waals surface area (Å²) in [5.41, 5.74) is 0.426. The molecule has 0 saturated heterocycles. The number of carboxylic acids is 1. The van der Waals surface area contributed by atoms with Crippen LogP contribution in [0, 0.1) is 0 Å². The van der Waals surface area contributed by atoms with Crippen LogP contribution in [0.15, 0.2) is 17.9 Å². The van der Waals surface area contributed by atoms with E-state index in [0.717, 1.165) is 0 Å². The van der Waals surface area contributed by atoms with Crippen LogP contribution in [0.3, 0.4) is 0 Å². The fraction of sp³-hybridized carbons (Fsp3) is 0.200. The lowest BCUT2D eigenvalue weighted by molar-refractivity contribution is 0.0691. The molecule has 0 radical (unpaired) electrons. The Labute approximate surface area is 106 Å². The second-order valence-electron chi connectivity index (χ2n) is 3.50. The van der Waals surface area contributed by atoms with Crippen LogP contribution in [-0.2, 0) is 13.6 Å². The molecule has 1 amide bonds. The number of nitrogens with zero attached hydrogens (tertiary/aromatic N) is 3. The highest BCUT2D eigenvalue weighted by Crippen LogP contribution is 2.09. The van der Waals surface area contributed by atoms with E-state index in [1.165, 1.54) is 29.2 Å². The number of aromatic carboxylic acids is 1. The SMILES string of the molecule is Cn1cncc1C(=O)NCc1nc(C(=O)O)cs1. The van der Waals surface area contributed by atoms with Gasteiger partial charge in [-0.3, -0.25) is 4.79 Å². The van der Waals surface area contributed by atoms with Crippen LogP contribution in [0.4, 0.5) is 0 Å². The molecule has 2 heterocycles. The van der Waals surface area contributed by atoms with Crippen molar-refractivity contribution >= 4 is 23.2 Å².